The molecule has 0 aromatic carbocycles. The lowest BCUT2D eigenvalue weighted by atomic mass is 10.0. The second-order valence-electron chi connectivity index (χ2n) is 5.18. The lowest BCUT2D eigenvalue weighted by molar-refractivity contribution is 0.0559. The number of ether oxygens (including phenoxy) is 1. The van der Waals surface area contributed by atoms with Crippen LogP contribution in [0.3, 0.4) is 0 Å². The van der Waals surface area contributed by atoms with Crippen molar-refractivity contribution < 1.29 is 14.6 Å². The number of aromatic nitrogens is 1. The highest BCUT2D eigenvalue weighted by atomic mass is 16.5. The maximum absolute atomic E-state index is 11.4. The third kappa shape index (κ3) is 3.23. The van der Waals surface area contributed by atoms with E-state index in [1.165, 1.54) is 7.11 Å². The molecule has 0 spiro atoms. The van der Waals surface area contributed by atoms with Gasteiger partial charge in [0.2, 0.25) is 0 Å². The van der Waals surface area contributed by atoms with Crippen molar-refractivity contribution in [3.8, 4) is 0 Å². The molecule has 1 aliphatic carbocycles. The largest absolute Gasteiger partial charge is 0.464 e. The quantitative estimate of drug-likeness (QED) is 0.837. The van der Waals surface area contributed by atoms with Crippen LogP contribution in [0.15, 0.2) is 18.3 Å². The number of carbonyl (C=O) groups excluding carboxylic acids is 1. The van der Waals surface area contributed by atoms with Crippen LogP contribution in [-0.4, -0.2) is 42.4 Å². The minimum atomic E-state index is -0.608. The molecule has 1 N–H and O–H groups in total. The van der Waals surface area contributed by atoms with Gasteiger partial charge < -0.3 is 14.7 Å². The average Bonchev–Trinajstić information content (AvgIpc) is 2.84. The van der Waals surface area contributed by atoms with E-state index in [4.69, 9.17) is 0 Å². The highest BCUT2D eigenvalue weighted by Crippen LogP contribution is 2.31. The Labute approximate surface area is 113 Å². The molecule has 0 bridgehead atoms. The van der Waals surface area contributed by atoms with Crippen LogP contribution in [0.4, 0.5) is 5.69 Å². The molecule has 1 aliphatic rings. The number of esters is 1. The molecule has 1 aromatic rings. The highest BCUT2D eigenvalue weighted by Gasteiger charge is 2.32. The molecule has 5 heteroatoms. The van der Waals surface area contributed by atoms with Crippen LogP contribution in [0.2, 0.25) is 0 Å². The van der Waals surface area contributed by atoms with Gasteiger partial charge in [0.05, 0.1) is 12.7 Å². The Kier molecular flexibility index (Phi) is 4.04. The third-order valence-electron chi connectivity index (χ3n) is 3.64. The lowest BCUT2D eigenvalue weighted by Crippen LogP contribution is -2.39. The predicted molar refractivity (Wildman–Crippen MR) is 72.3 cm³/mol. The number of hydrogen-bond acceptors (Lipinski definition) is 5. The van der Waals surface area contributed by atoms with Crippen LogP contribution in [0.25, 0.3) is 0 Å². The van der Waals surface area contributed by atoms with Gasteiger partial charge in [-0.05, 0) is 25.0 Å². The van der Waals surface area contributed by atoms with Crippen LogP contribution in [0.5, 0.6) is 0 Å². The first kappa shape index (κ1) is 13.8. The van der Waals surface area contributed by atoms with Crippen LogP contribution in [0, 0.1) is 0 Å². The first-order chi connectivity index (χ1) is 9.04. The second kappa shape index (κ2) is 5.57. The fourth-order valence-corrected chi connectivity index (χ4v) is 2.60. The number of anilines is 1. The molecule has 1 fully saturated rings. The Hall–Kier alpha value is -1.62. The Morgan fingerprint density at radius 3 is 2.84 bits per heavy atom. The maximum Gasteiger partial charge on any atom is 0.356 e. The number of aliphatic hydroxyl groups is 1. The van der Waals surface area contributed by atoms with Gasteiger partial charge in [0.1, 0.15) is 5.69 Å². The molecule has 0 saturated heterocycles. The number of nitrogens with zero attached hydrogens (tertiary/aromatic N) is 2. The fraction of sp³-hybridized carbons (Fsp3) is 0.571. The van der Waals surface area contributed by atoms with E-state index in [2.05, 4.69) is 9.72 Å². The number of methoxy groups -OCH3 is 1. The summed E-state index contributed by atoms with van der Waals surface area (Å²) in [5.41, 5.74) is 0.532. The summed E-state index contributed by atoms with van der Waals surface area (Å²) in [5.74, 6) is -0.449. The molecule has 1 aromatic heterocycles. The monoisotopic (exact) mass is 264 g/mol. The van der Waals surface area contributed by atoms with Gasteiger partial charge in [0.25, 0.3) is 0 Å². The van der Waals surface area contributed by atoms with E-state index in [-0.39, 0.29) is 5.69 Å². The molecule has 104 valence electrons. The van der Waals surface area contributed by atoms with Crippen molar-refractivity contribution >= 4 is 11.7 Å². The first-order valence-electron chi connectivity index (χ1n) is 6.52. The molecule has 0 unspecified atom stereocenters. The predicted octanol–water partition coefficient (Wildman–Crippen LogP) is 1.61. The molecule has 2 rings (SSSR count). The topological polar surface area (TPSA) is 62.7 Å². The van der Waals surface area contributed by atoms with Crippen molar-refractivity contribution in [3.63, 3.8) is 0 Å². The van der Waals surface area contributed by atoms with Gasteiger partial charge in [-0.2, -0.15) is 0 Å². The summed E-state index contributed by atoms with van der Waals surface area (Å²) in [6, 6.07) is 3.51. The van der Waals surface area contributed by atoms with E-state index < -0.39 is 11.6 Å². The van der Waals surface area contributed by atoms with Crippen LogP contribution >= 0.6 is 0 Å². The summed E-state index contributed by atoms with van der Waals surface area (Å²) in [4.78, 5) is 17.4. The molecule has 0 amide bonds. The number of hydrogen-bond donors (Lipinski definition) is 1. The fourth-order valence-electron chi connectivity index (χ4n) is 2.60. The number of likely N-dealkylation sites (N-methyl/N-ethyl adjacent to an activating group) is 1. The van der Waals surface area contributed by atoms with Gasteiger partial charge in [-0.25, -0.2) is 9.78 Å². The van der Waals surface area contributed by atoms with Crippen molar-refractivity contribution in [2.24, 2.45) is 0 Å². The number of pyridine rings is 1. The summed E-state index contributed by atoms with van der Waals surface area (Å²) in [6.07, 6.45) is 5.41. The second-order valence-corrected chi connectivity index (χ2v) is 5.18. The Balaban J connectivity index is 2.10. The Bertz CT molecular complexity index is 456. The van der Waals surface area contributed by atoms with Crippen molar-refractivity contribution in [2.75, 3.05) is 25.6 Å². The minimum absolute atomic E-state index is 0.283. The van der Waals surface area contributed by atoms with Crippen LogP contribution in [0.1, 0.15) is 36.2 Å². The van der Waals surface area contributed by atoms with E-state index in [1.54, 1.807) is 12.3 Å². The summed E-state index contributed by atoms with van der Waals surface area (Å²) in [7, 11) is 3.24. The molecule has 0 radical (unpaired) electrons. The van der Waals surface area contributed by atoms with Crippen molar-refractivity contribution in [2.45, 2.75) is 31.3 Å². The molecule has 1 heterocycles. The van der Waals surface area contributed by atoms with Crippen LogP contribution in [-0.2, 0) is 4.74 Å². The normalized spacial score (nSPS) is 17.2. The van der Waals surface area contributed by atoms with Gasteiger partial charge in [0, 0.05) is 25.5 Å². The highest BCUT2D eigenvalue weighted by molar-refractivity contribution is 5.88. The zero-order valence-corrected chi connectivity index (χ0v) is 11.4. The molecule has 19 heavy (non-hydrogen) atoms. The van der Waals surface area contributed by atoms with E-state index >= 15 is 0 Å². The van der Waals surface area contributed by atoms with Gasteiger partial charge in [-0.3, -0.25) is 0 Å². The van der Waals surface area contributed by atoms with Crippen molar-refractivity contribution in [1.82, 2.24) is 4.98 Å². The zero-order chi connectivity index (χ0) is 13.9. The molecule has 1 saturated carbocycles. The molecule has 0 atom stereocenters. The summed E-state index contributed by atoms with van der Waals surface area (Å²) < 4.78 is 4.65. The average molecular weight is 264 g/mol. The third-order valence-corrected chi connectivity index (χ3v) is 3.64. The summed E-state index contributed by atoms with van der Waals surface area (Å²) >= 11 is 0. The molecule has 5 nitrogen and oxygen atoms in total. The first-order valence-corrected chi connectivity index (χ1v) is 6.52. The SMILES string of the molecule is COC(=O)c1cc(N(C)CC2(O)CCCC2)ccn1. The lowest BCUT2D eigenvalue weighted by Gasteiger charge is -2.30. The maximum atomic E-state index is 11.4. The van der Waals surface area contributed by atoms with E-state index in [0.29, 0.717) is 6.54 Å². The van der Waals surface area contributed by atoms with Gasteiger partial charge in [0.15, 0.2) is 0 Å². The smallest absolute Gasteiger partial charge is 0.356 e. The van der Waals surface area contributed by atoms with E-state index in [9.17, 15) is 9.90 Å². The number of carbonyl (C=O) groups is 1. The van der Waals surface area contributed by atoms with Crippen LogP contribution < -0.4 is 4.90 Å². The van der Waals surface area contributed by atoms with Crippen molar-refractivity contribution in [3.05, 3.63) is 24.0 Å². The van der Waals surface area contributed by atoms with E-state index in [1.807, 2.05) is 18.0 Å². The minimum Gasteiger partial charge on any atom is -0.464 e. The van der Waals surface area contributed by atoms with Crippen molar-refractivity contribution in [1.29, 1.82) is 0 Å². The molecular weight excluding hydrogens is 244 g/mol. The Morgan fingerprint density at radius 2 is 2.21 bits per heavy atom. The van der Waals surface area contributed by atoms with Gasteiger partial charge in [-0.15, -0.1) is 0 Å². The summed E-state index contributed by atoms with van der Waals surface area (Å²) in [5, 5.41) is 10.4. The van der Waals surface area contributed by atoms with Gasteiger partial charge in [-0.1, -0.05) is 12.8 Å². The number of rotatable bonds is 4. The van der Waals surface area contributed by atoms with E-state index in [0.717, 1.165) is 31.4 Å². The summed E-state index contributed by atoms with van der Waals surface area (Å²) in [6.45, 7) is 0.567. The van der Waals surface area contributed by atoms with Gasteiger partial charge >= 0.3 is 5.97 Å². The zero-order valence-electron chi connectivity index (χ0n) is 11.4. The standard InChI is InChI=1S/C14H20N2O3/c1-16(10-14(18)6-3-4-7-14)11-5-8-15-12(9-11)13(17)19-2/h5,8-9,18H,3-4,6-7,10H2,1-2H3. The molecular formula is C14H20N2O3. The molecule has 0 aliphatic heterocycles. The Morgan fingerprint density at radius 1 is 1.53 bits per heavy atom.